The van der Waals surface area contributed by atoms with Gasteiger partial charge in [0.1, 0.15) is 38.7 Å². The van der Waals surface area contributed by atoms with Crippen LogP contribution in [0.2, 0.25) is 5.02 Å². The number of hydrogen-bond acceptors (Lipinski definition) is 10. The largest absolute Gasteiger partial charge is 0.490 e. The molecule has 1 aliphatic carbocycles. The molecule has 65 heavy (non-hydrogen) atoms. The average Bonchev–Trinajstić information content (AvgIpc) is 3.82. The Bertz CT molecular complexity index is 2880. The van der Waals surface area contributed by atoms with Gasteiger partial charge in [-0.25, -0.2) is 8.42 Å². The van der Waals surface area contributed by atoms with Gasteiger partial charge in [-0.15, -0.1) is 10.2 Å². The van der Waals surface area contributed by atoms with Gasteiger partial charge in [0.25, 0.3) is 11.5 Å². The lowest BCUT2D eigenvalue weighted by Gasteiger charge is -2.32. The lowest BCUT2D eigenvalue weighted by Crippen LogP contribution is -2.40. The zero-order chi connectivity index (χ0) is 45.1. The number of H-pyrrole nitrogens is 1. The summed E-state index contributed by atoms with van der Waals surface area (Å²) in [6.07, 6.45) is 12.1. The summed E-state index contributed by atoms with van der Waals surface area (Å²) in [5, 5.41) is 22.2. The number of carbonyl (C=O) groups is 1. The van der Waals surface area contributed by atoms with Crippen molar-refractivity contribution >= 4 is 44.1 Å². The fraction of sp³-hybridized carbons (Fsp3) is 0.380. The van der Waals surface area contributed by atoms with Crippen LogP contribution >= 0.6 is 11.6 Å². The van der Waals surface area contributed by atoms with Crippen LogP contribution < -0.4 is 25.2 Å². The molecule has 2 saturated heterocycles. The molecule has 3 aromatic heterocycles. The standard InChI is InChI=1S/C50H52ClN7O6S/c1-57-31-43(41-18-23-53-48(41)50(57)60)42-28-35(34-21-26-65(61,62)27-22-34)7-16-46(42)64-39-10-4-32(5-11-39)2-3-33-19-24-58(25-20-33)47-17-15-45(55-56-47)49(59)54-37-8-13-38(14-9-37)63-40-12-6-36(30-52)44(51)29-40/h4-7,10-12,15-18,23,28-29,31,33-34,37-38,53H,2-3,8-9,13-14,19-22,24-27H2,1H3,(H,54,59)/t37-,38-. The molecule has 0 radical (unpaired) electrons. The Morgan fingerprint density at radius 1 is 0.892 bits per heavy atom. The van der Waals surface area contributed by atoms with Gasteiger partial charge in [-0.05, 0) is 142 Å². The highest BCUT2D eigenvalue weighted by Gasteiger charge is 2.28. The van der Waals surface area contributed by atoms with Crippen molar-refractivity contribution in [1.82, 2.24) is 25.1 Å². The molecule has 6 aromatic rings. The quantitative estimate of drug-likeness (QED) is 0.121. The Kier molecular flexibility index (Phi) is 13.0. The van der Waals surface area contributed by atoms with E-state index in [1.165, 1.54) is 5.56 Å². The first-order chi connectivity index (χ1) is 31.5. The number of rotatable bonds is 12. The molecule has 0 unspecified atom stereocenters. The predicted molar refractivity (Wildman–Crippen MR) is 252 cm³/mol. The van der Waals surface area contributed by atoms with E-state index in [9.17, 15) is 18.0 Å². The third-order valence-electron chi connectivity index (χ3n) is 13.4. The minimum absolute atomic E-state index is 0.0207. The van der Waals surface area contributed by atoms with Gasteiger partial charge in [-0.2, -0.15) is 5.26 Å². The van der Waals surface area contributed by atoms with E-state index in [2.05, 4.69) is 49.7 Å². The van der Waals surface area contributed by atoms with Gasteiger partial charge in [0.2, 0.25) is 0 Å². The highest BCUT2D eigenvalue weighted by Crippen LogP contribution is 2.41. The SMILES string of the molecule is Cn1cc(-c2cc(C3CCS(=O)(=O)CC3)ccc2Oc2ccc(CCC3CCN(c4ccc(C(=O)N[C@H]5CC[C@H](Oc6ccc(C#N)c(Cl)c6)CC5)nn4)CC3)cc2)c2cc[nH]c2c1=O. The number of anilines is 1. The van der Waals surface area contributed by atoms with Crippen LogP contribution in [0.1, 0.15) is 90.9 Å². The lowest BCUT2D eigenvalue weighted by atomic mass is 9.90. The second kappa shape index (κ2) is 19.1. The maximum Gasteiger partial charge on any atom is 0.274 e. The molecule has 15 heteroatoms. The van der Waals surface area contributed by atoms with Crippen molar-refractivity contribution < 1.29 is 22.7 Å². The number of pyridine rings is 1. The molecule has 0 atom stereocenters. The summed E-state index contributed by atoms with van der Waals surface area (Å²) in [7, 11) is -1.26. The number of benzene rings is 3. The Hall–Kier alpha value is -6.17. The summed E-state index contributed by atoms with van der Waals surface area (Å²) in [5.74, 6) is 3.66. The molecule has 3 aromatic carbocycles. The number of sulfone groups is 1. The van der Waals surface area contributed by atoms with E-state index in [1.54, 1.807) is 42.1 Å². The van der Waals surface area contributed by atoms with Crippen molar-refractivity contribution in [1.29, 1.82) is 5.26 Å². The molecule has 13 nitrogen and oxygen atoms in total. The van der Waals surface area contributed by atoms with Crippen LogP contribution in [0.25, 0.3) is 22.0 Å². The van der Waals surface area contributed by atoms with Gasteiger partial charge in [0, 0.05) is 61.2 Å². The number of nitriles is 1. The van der Waals surface area contributed by atoms with Gasteiger partial charge < -0.3 is 29.2 Å². The fourth-order valence-corrected chi connectivity index (χ4v) is 11.2. The number of nitrogens with zero attached hydrogens (tertiary/aromatic N) is 5. The van der Waals surface area contributed by atoms with Crippen molar-refractivity contribution in [3.05, 3.63) is 129 Å². The normalized spacial score (nSPS) is 19.1. The van der Waals surface area contributed by atoms with Crippen LogP contribution in [0.5, 0.6) is 17.2 Å². The van der Waals surface area contributed by atoms with Gasteiger partial charge in [-0.3, -0.25) is 9.59 Å². The van der Waals surface area contributed by atoms with E-state index in [0.717, 1.165) is 92.4 Å². The zero-order valence-corrected chi connectivity index (χ0v) is 37.9. The van der Waals surface area contributed by atoms with Crippen LogP contribution in [0, 0.1) is 17.2 Å². The molecule has 2 N–H and O–H groups in total. The van der Waals surface area contributed by atoms with Crippen molar-refractivity contribution in [3.63, 3.8) is 0 Å². The Morgan fingerprint density at radius 3 is 2.35 bits per heavy atom. The Morgan fingerprint density at radius 2 is 1.65 bits per heavy atom. The highest BCUT2D eigenvalue weighted by molar-refractivity contribution is 7.91. The van der Waals surface area contributed by atoms with E-state index in [1.807, 2.05) is 42.6 Å². The van der Waals surface area contributed by atoms with Crippen molar-refractivity contribution in [2.45, 2.75) is 82.3 Å². The molecular formula is C50H52ClN7O6S. The van der Waals surface area contributed by atoms with E-state index >= 15 is 0 Å². The van der Waals surface area contributed by atoms with Gasteiger partial charge in [0.15, 0.2) is 11.5 Å². The van der Waals surface area contributed by atoms with Gasteiger partial charge >= 0.3 is 0 Å². The maximum atomic E-state index is 13.1. The number of aromatic nitrogens is 4. The second-order valence-corrected chi connectivity index (χ2v) is 20.4. The molecule has 5 heterocycles. The molecular weight excluding hydrogens is 862 g/mol. The molecule has 2 aliphatic heterocycles. The smallest absolute Gasteiger partial charge is 0.274 e. The summed E-state index contributed by atoms with van der Waals surface area (Å²) < 4.78 is 38.6. The molecule has 3 aliphatic rings. The third kappa shape index (κ3) is 10.2. The van der Waals surface area contributed by atoms with Crippen LogP contribution in [-0.4, -0.2) is 70.8 Å². The number of aromatic amines is 1. The molecule has 0 spiro atoms. The molecule has 3 fully saturated rings. The zero-order valence-electron chi connectivity index (χ0n) is 36.3. The lowest BCUT2D eigenvalue weighted by molar-refractivity contribution is 0.0888. The molecule has 9 rings (SSSR count). The number of ether oxygens (including phenoxy) is 2. The van der Waals surface area contributed by atoms with Crippen molar-refractivity contribution in [2.24, 2.45) is 13.0 Å². The van der Waals surface area contributed by atoms with Crippen molar-refractivity contribution in [2.75, 3.05) is 29.5 Å². The summed E-state index contributed by atoms with van der Waals surface area (Å²) in [5.41, 5.74) is 5.16. The van der Waals surface area contributed by atoms with Crippen LogP contribution in [0.15, 0.2) is 96.1 Å². The second-order valence-electron chi connectivity index (χ2n) is 17.7. The van der Waals surface area contributed by atoms with Crippen molar-refractivity contribution in [3.8, 4) is 34.4 Å². The Balaban J connectivity index is 0.754. The van der Waals surface area contributed by atoms with E-state index in [0.29, 0.717) is 57.8 Å². The monoisotopic (exact) mass is 913 g/mol. The summed E-state index contributed by atoms with van der Waals surface area (Å²) >= 11 is 6.16. The number of carbonyl (C=O) groups excluding carboxylic acids is 1. The van der Waals surface area contributed by atoms with E-state index < -0.39 is 9.84 Å². The van der Waals surface area contributed by atoms with Crippen LogP contribution in [0.3, 0.4) is 0 Å². The first-order valence-corrected chi connectivity index (χ1v) is 24.7. The van der Waals surface area contributed by atoms with Crippen LogP contribution in [-0.2, 0) is 23.3 Å². The summed E-state index contributed by atoms with van der Waals surface area (Å²) in [4.78, 5) is 31.3. The number of piperidine rings is 1. The van der Waals surface area contributed by atoms with Gasteiger partial charge in [0.05, 0.1) is 28.2 Å². The van der Waals surface area contributed by atoms with E-state index in [4.69, 9.17) is 26.3 Å². The number of hydrogen-bond donors (Lipinski definition) is 2. The molecule has 336 valence electrons. The summed E-state index contributed by atoms with van der Waals surface area (Å²) in [6, 6.07) is 27.1. The first-order valence-electron chi connectivity index (χ1n) is 22.5. The predicted octanol–water partition coefficient (Wildman–Crippen LogP) is 8.90. The number of halogens is 1. The first kappa shape index (κ1) is 44.1. The molecule has 0 bridgehead atoms. The number of amides is 1. The minimum Gasteiger partial charge on any atom is -0.490 e. The number of fused-ring (bicyclic) bond motifs is 1. The Labute approximate surface area is 383 Å². The average molecular weight is 915 g/mol. The maximum absolute atomic E-state index is 13.1. The molecule has 1 amide bonds. The number of aryl methyl sites for hydroxylation is 2. The number of nitrogens with one attached hydrogen (secondary N) is 2. The highest BCUT2D eigenvalue weighted by atomic mass is 35.5. The van der Waals surface area contributed by atoms with Crippen LogP contribution in [0.4, 0.5) is 5.82 Å². The van der Waals surface area contributed by atoms with E-state index in [-0.39, 0.29) is 41.0 Å². The topological polar surface area (TPSA) is 172 Å². The van der Waals surface area contributed by atoms with Gasteiger partial charge in [-0.1, -0.05) is 29.8 Å². The fourth-order valence-electron chi connectivity index (χ4n) is 9.53. The third-order valence-corrected chi connectivity index (χ3v) is 15.4. The summed E-state index contributed by atoms with van der Waals surface area (Å²) in [6.45, 7) is 1.76. The molecule has 1 saturated carbocycles. The minimum atomic E-state index is -3.00.